The molecule has 0 atom stereocenters. The van der Waals surface area contributed by atoms with Gasteiger partial charge in [0.15, 0.2) is 0 Å². The van der Waals surface area contributed by atoms with Crippen LogP contribution in [0.5, 0.6) is 5.75 Å². The van der Waals surface area contributed by atoms with Crippen LogP contribution in [0.25, 0.3) is 0 Å². The lowest BCUT2D eigenvalue weighted by molar-refractivity contribution is 0.469. The van der Waals surface area contributed by atoms with Crippen molar-refractivity contribution in [3.05, 3.63) is 29.3 Å². The summed E-state index contributed by atoms with van der Waals surface area (Å²) in [4.78, 5) is 0. The molecule has 0 aromatic heterocycles. The minimum atomic E-state index is -3.63. The van der Waals surface area contributed by atoms with Crippen LogP contribution in [0.1, 0.15) is 30.9 Å². The van der Waals surface area contributed by atoms with Gasteiger partial charge in [-0.2, -0.15) is 0 Å². The third kappa shape index (κ3) is 3.72. The monoisotopic (exact) mass is 248 g/mol. The molecule has 0 aliphatic rings. The molecule has 1 rings (SSSR count). The molecule has 0 saturated heterocycles. The summed E-state index contributed by atoms with van der Waals surface area (Å²) < 4.78 is 21.8. The van der Waals surface area contributed by atoms with Crippen molar-refractivity contribution in [3.63, 3.8) is 0 Å². The number of hydrogen-bond acceptors (Lipinski definition) is 3. The van der Waals surface area contributed by atoms with Gasteiger partial charge in [0.25, 0.3) is 0 Å². The van der Waals surface area contributed by atoms with Crippen molar-refractivity contribution in [1.82, 2.24) is 0 Å². The van der Waals surface area contributed by atoms with Crippen molar-refractivity contribution in [2.45, 2.75) is 25.5 Å². The molecule has 0 unspecified atom stereocenters. The second kappa shape index (κ2) is 4.41. The number of hydrogen-bond donors (Lipinski definition) is 1. The first kappa shape index (κ1) is 12.3. The molecular formula is C10H13ClO3S. The van der Waals surface area contributed by atoms with E-state index in [1.807, 2.05) is 13.8 Å². The molecule has 0 heterocycles. The van der Waals surface area contributed by atoms with Gasteiger partial charge in [-0.25, -0.2) is 8.42 Å². The Bertz CT molecular complexity index is 452. The van der Waals surface area contributed by atoms with Crippen molar-refractivity contribution < 1.29 is 13.5 Å². The van der Waals surface area contributed by atoms with E-state index >= 15 is 0 Å². The minimum absolute atomic E-state index is 0.0383. The third-order valence-electron chi connectivity index (χ3n) is 2.10. The molecule has 1 aromatic carbocycles. The van der Waals surface area contributed by atoms with Crippen LogP contribution in [-0.4, -0.2) is 13.5 Å². The Kier molecular flexibility index (Phi) is 3.62. The number of aromatic hydroxyl groups is 1. The van der Waals surface area contributed by atoms with Gasteiger partial charge in [-0.3, -0.25) is 0 Å². The lowest BCUT2D eigenvalue weighted by atomic mass is 10.0. The Labute approximate surface area is 94.1 Å². The van der Waals surface area contributed by atoms with Gasteiger partial charge in [-0.1, -0.05) is 26.0 Å². The molecule has 5 heteroatoms. The number of benzene rings is 1. The number of phenols is 1. The first-order chi connectivity index (χ1) is 6.79. The van der Waals surface area contributed by atoms with Crippen LogP contribution in [0.2, 0.25) is 0 Å². The van der Waals surface area contributed by atoms with Gasteiger partial charge in [-0.05, 0) is 17.5 Å². The minimum Gasteiger partial charge on any atom is -0.508 e. The van der Waals surface area contributed by atoms with E-state index in [1.165, 1.54) is 6.07 Å². The molecule has 0 aliphatic heterocycles. The second-order valence-corrected chi connectivity index (χ2v) is 6.50. The van der Waals surface area contributed by atoms with E-state index in [-0.39, 0.29) is 17.4 Å². The molecule has 0 bridgehead atoms. The summed E-state index contributed by atoms with van der Waals surface area (Å²) in [6.45, 7) is 3.98. The topological polar surface area (TPSA) is 54.4 Å². The van der Waals surface area contributed by atoms with Gasteiger partial charge >= 0.3 is 0 Å². The maximum absolute atomic E-state index is 10.9. The highest BCUT2D eigenvalue weighted by atomic mass is 35.7. The van der Waals surface area contributed by atoms with E-state index in [1.54, 1.807) is 12.1 Å². The van der Waals surface area contributed by atoms with Crippen LogP contribution >= 0.6 is 10.7 Å². The van der Waals surface area contributed by atoms with Gasteiger partial charge in [-0.15, -0.1) is 0 Å². The summed E-state index contributed by atoms with van der Waals surface area (Å²) in [6, 6.07) is 4.93. The van der Waals surface area contributed by atoms with E-state index in [0.717, 1.165) is 5.56 Å². The second-order valence-electron chi connectivity index (χ2n) is 3.73. The quantitative estimate of drug-likeness (QED) is 0.837. The zero-order chi connectivity index (χ0) is 11.6. The van der Waals surface area contributed by atoms with Gasteiger partial charge in [0.2, 0.25) is 9.05 Å². The summed E-state index contributed by atoms with van der Waals surface area (Å²) in [5.41, 5.74) is 1.32. The van der Waals surface area contributed by atoms with Crippen molar-refractivity contribution in [3.8, 4) is 5.75 Å². The van der Waals surface area contributed by atoms with Crippen molar-refractivity contribution >= 4 is 19.7 Å². The van der Waals surface area contributed by atoms with E-state index < -0.39 is 9.05 Å². The van der Waals surface area contributed by atoms with Crippen LogP contribution in [0.15, 0.2) is 18.2 Å². The predicted octanol–water partition coefficient (Wildman–Crippen LogP) is 2.58. The fraction of sp³-hybridized carbons (Fsp3) is 0.400. The first-order valence-corrected chi connectivity index (χ1v) is 7.01. The lowest BCUT2D eigenvalue weighted by Gasteiger charge is -2.08. The van der Waals surface area contributed by atoms with Crippen LogP contribution in [0, 0.1) is 0 Å². The summed E-state index contributed by atoms with van der Waals surface area (Å²) in [7, 11) is 1.50. The lowest BCUT2D eigenvalue weighted by Crippen LogP contribution is -1.97. The van der Waals surface area contributed by atoms with Gasteiger partial charge in [0.1, 0.15) is 5.75 Å². The van der Waals surface area contributed by atoms with Gasteiger partial charge in [0, 0.05) is 16.2 Å². The molecule has 84 valence electrons. The highest BCUT2D eigenvalue weighted by molar-refractivity contribution is 8.13. The predicted molar refractivity (Wildman–Crippen MR) is 60.7 cm³/mol. The number of phenolic OH excluding ortho intramolecular Hbond substituents is 1. The summed E-state index contributed by atoms with van der Waals surface area (Å²) in [5, 5.41) is 9.46. The first-order valence-electron chi connectivity index (χ1n) is 4.53. The summed E-state index contributed by atoms with van der Waals surface area (Å²) in [5.74, 6) is -0.105. The molecule has 1 N–H and O–H groups in total. The third-order valence-corrected chi connectivity index (χ3v) is 3.08. The maximum Gasteiger partial charge on any atom is 0.236 e. The number of rotatable bonds is 3. The van der Waals surface area contributed by atoms with E-state index in [4.69, 9.17) is 10.7 Å². The Morgan fingerprint density at radius 3 is 2.47 bits per heavy atom. The highest BCUT2D eigenvalue weighted by Gasteiger charge is 2.12. The Balaban J connectivity index is 3.11. The van der Waals surface area contributed by atoms with Crippen LogP contribution in [0.4, 0.5) is 0 Å². The van der Waals surface area contributed by atoms with Crippen molar-refractivity contribution in [1.29, 1.82) is 0 Å². The Morgan fingerprint density at radius 2 is 2.00 bits per heavy atom. The van der Waals surface area contributed by atoms with Crippen molar-refractivity contribution in [2.75, 3.05) is 0 Å². The van der Waals surface area contributed by atoms with Crippen LogP contribution < -0.4 is 0 Å². The zero-order valence-corrected chi connectivity index (χ0v) is 10.1. The number of halogens is 1. The smallest absolute Gasteiger partial charge is 0.236 e. The molecule has 0 aliphatic carbocycles. The molecule has 15 heavy (non-hydrogen) atoms. The standard InChI is InChI=1S/C10H13ClO3S/c1-7(2)8-3-4-10(12)9(5-8)6-15(11,13)14/h3-5,7,12H,6H2,1-2H3. The molecular weight excluding hydrogens is 236 g/mol. The normalized spacial score (nSPS) is 12.0. The Hall–Kier alpha value is -0.740. The fourth-order valence-corrected chi connectivity index (χ4v) is 2.22. The Morgan fingerprint density at radius 1 is 1.40 bits per heavy atom. The fourth-order valence-electron chi connectivity index (χ4n) is 1.27. The molecule has 0 amide bonds. The molecule has 0 saturated carbocycles. The maximum atomic E-state index is 10.9. The van der Waals surface area contributed by atoms with E-state index in [9.17, 15) is 13.5 Å². The molecule has 0 spiro atoms. The van der Waals surface area contributed by atoms with E-state index in [2.05, 4.69) is 0 Å². The SMILES string of the molecule is CC(C)c1ccc(O)c(CS(=O)(=O)Cl)c1. The highest BCUT2D eigenvalue weighted by Crippen LogP contribution is 2.25. The van der Waals surface area contributed by atoms with Crippen LogP contribution in [0.3, 0.4) is 0 Å². The summed E-state index contributed by atoms with van der Waals surface area (Å²) in [6.07, 6.45) is 0. The largest absolute Gasteiger partial charge is 0.508 e. The van der Waals surface area contributed by atoms with E-state index in [0.29, 0.717) is 5.56 Å². The van der Waals surface area contributed by atoms with Crippen LogP contribution in [-0.2, 0) is 14.8 Å². The van der Waals surface area contributed by atoms with Gasteiger partial charge < -0.3 is 5.11 Å². The van der Waals surface area contributed by atoms with Gasteiger partial charge in [0.05, 0.1) is 5.75 Å². The zero-order valence-electron chi connectivity index (χ0n) is 8.57. The van der Waals surface area contributed by atoms with Crippen molar-refractivity contribution in [2.24, 2.45) is 0 Å². The average Bonchev–Trinajstić information content (AvgIpc) is 2.06. The molecule has 0 fully saturated rings. The molecule has 3 nitrogen and oxygen atoms in total. The molecule has 0 radical (unpaired) electrons. The average molecular weight is 249 g/mol. The summed E-state index contributed by atoms with van der Waals surface area (Å²) >= 11 is 0. The molecule has 1 aromatic rings.